The molecule has 17 heavy (non-hydrogen) atoms. The molecule has 1 aromatic rings. The molecule has 0 amide bonds. The zero-order valence-corrected chi connectivity index (χ0v) is 11.0. The van der Waals surface area contributed by atoms with Crippen LogP contribution in [0.15, 0.2) is 11.1 Å². The minimum Gasteiger partial charge on any atom is -0.378 e. The average molecular weight is 280 g/mol. The first kappa shape index (κ1) is 12.8. The number of hydrogen-bond acceptors (Lipinski definition) is 4. The highest BCUT2D eigenvalue weighted by Gasteiger charge is 2.35. The summed E-state index contributed by atoms with van der Waals surface area (Å²) < 4.78 is 31.4. The number of aromatic nitrogens is 2. The SMILES string of the molecule is Cc1[nH]ncc1S(=O)(=O)N1CCOCC1CCl. The molecule has 1 aromatic heterocycles. The molecule has 1 N–H and O–H groups in total. The second kappa shape index (κ2) is 4.93. The molecule has 1 saturated heterocycles. The minimum absolute atomic E-state index is 0.203. The topological polar surface area (TPSA) is 75.3 Å². The van der Waals surface area contributed by atoms with Crippen molar-refractivity contribution in [3.05, 3.63) is 11.9 Å². The van der Waals surface area contributed by atoms with Gasteiger partial charge in [-0.1, -0.05) is 0 Å². The van der Waals surface area contributed by atoms with Gasteiger partial charge in [0.25, 0.3) is 0 Å². The number of aromatic amines is 1. The van der Waals surface area contributed by atoms with E-state index in [1.54, 1.807) is 6.92 Å². The quantitative estimate of drug-likeness (QED) is 0.810. The number of halogens is 1. The Kier molecular flexibility index (Phi) is 3.72. The molecule has 1 atom stereocenters. The van der Waals surface area contributed by atoms with Crippen LogP contribution < -0.4 is 0 Å². The normalized spacial score (nSPS) is 22.8. The van der Waals surface area contributed by atoms with Crippen LogP contribution in [0.25, 0.3) is 0 Å². The maximum atomic E-state index is 12.4. The fourth-order valence-electron chi connectivity index (χ4n) is 1.80. The van der Waals surface area contributed by atoms with Crippen molar-refractivity contribution >= 4 is 21.6 Å². The van der Waals surface area contributed by atoms with Gasteiger partial charge in [-0.3, -0.25) is 5.10 Å². The zero-order valence-electron chi connectivity index (χ0n) is 9.39. The third kappa shape index (κ3) is 2.33. The van der Waals surface area contributed by atoms with Crippen LogP contribution >= 0.6 is 11.6 Å². The molecule has 8 heteroatoms. The van der Waals surface area contributed by atoms with E-state index in [-0.39, 0.29) is 16.8 Å². The van der Waals surface area contributed by atoms with Gasteiger partial charge in [-0.25, -0.2) is 8.42 Å². The summed E-state index contributed by atoms with van der Waals surface area (Å²) in [6, 6.07) is -0.315. The highest BCUT2D eigenvalue weighted by molar-refractivity contribution is 7.89. The van der Waals surface area contributed by atoms with Gasteiger partial charge in [-0.05, 0) is 6.92 Å². The molecule has 0 spiro atoms. The number of nitrogens with one attached hydrogen (secondary N) is 1. The molecule has 1 aliphatic heterocycles. The highest BCUT2D eigenvalue weighted by atomic mass is 35.5. The molecule has 2 heterocycles. The Bertz CT molecular complexity index is 487. The van der Waals surface area contributed by atoms with Gasteiger partial charge in [0.2, 0.25) is 10.0 Å². The predicted octanol–water partition coefficient (Wildman–Crippen LogP) is 0.346. The van der Waals surface area contributed by atoms with Crippen LogP contribution in [0.3, 0.4) is 0 Å². The number of H-pyrrole nitrogens is 1. The Balaban J connectivity index is 2.34. The van der Waals surface area contributed by atoms with E-state index in [1.165, 1.54) is 10.5 Å². The van der Waals surface area contributed by atoms with Crippen LogP contribution in [-0.2, 0) is 14.8 Å². The van der Waals surface area contributed by atoms with Crippen molar-refractivity contribution in [2.45, 2.75) is 17.9 Å². The summed E-state index contributed by atoms with van der Waals surface area (Å²) >= 11 is 5.77. The van der Waals surface area contributed by atoms with E-state index in [2.05, 4.69) is 10.2 Å². The van der Waals surface area contributed by atoms with E-state index in [0.29, 0.717) is 25.5 Å². The van der Waals surface area contributed by atoms with E-state index < -0.39 is 10.0 Å². The van der Waals surface area contributed by atoms with E-state index in [9.17, 15) is 8.42 Å². The molecule has 0 radical (unpaired) electrons. The highest BCUT2D eigenvalue weighted by Crippen LogP contribution is 2.22. The fourth-order valence-corrected chi connectivity index (χ4v) is 3.86. The van der Waals surface area contributed by atoms with Gasteiger partial charge >= 0.3 is 0 Å². The van der Waals surface area contributed by atoms with Crippen LogP contribution in [0.5, 0.6) is 0 Å². The largest absolute Gasteiger partial charge is 0.378 e. The Morgan fingerprint density at radius 2 is 2.47 bits per heavy atom. The minimum atomic E-state index is -3.54. The van der Waals surface area contributed by atoms with Gasteiger partial charge in [-0.2, -0.15) is 9.40 Å². The first-order valence-electron chi connectivity index (χ1n) is 5.23. The third-order valence-corrected chi connectivity index (χ3v) is 5.14. The Morgan fingerprint density at radius 3 is 3.06 bits per heavy atom. The number of ether oxygens (including phenoxy) is 1. The molecule has 0 aliphatic carbocycles. The van der Waals surface area contributed by atoms with E-state index in [4.69, 9.17) is 16.3 Å². The maximum Gasteiger partial charge on any atom is 0.246 e. The van der Waals surface area contributed by atoms with Crippen molar-refractivity contribution < 1.29 is 13.2 Å². The second-order valence-electron chi connectivity index (χ2n) is 3.86. The lowest BCUT2D eigenvalue weighted by molar-refractivity contribution is 0.0404. The molecule has 1 fully saturated rings. The van der Waals surface area contributed by atoms with Gasteiger partial charge in [0, 0.05) is 12.4 Å². The number of aryl methyl sites for hydroxylation is 1. The lowest BCUT2D eigenvalue weighted by atomic mass is 10.3. The van der Waals surface area contributed by atoms with Crippen LogP contribution in [0.1, 0.15) is 5.69 Å². The summed E-state index contributed by atoms with van der Waals surface area (Å²) in [7, 11) is -3.54. The number of alkyl halides is 1. The van der Waals surface area contributed by atoms with Crippen molar-refractivity contribution in [2.24, 2.45) is 0 Å². The Hall–Kier alpha value is -0.630. The number of hydrogen-bond donors (Lipinski definition) is 1. The van der Waals surface area contributed by atoms with Gasteiger partial charge in [0.15, 0.2) is 0 Å². The number of morpholine rings is 1. The standard InChI is InChI=1S/C9H14ClN3O3S/c1-7-9(5-11-12-7)17(14,15)13-2-3-16-6-8(13)4-10/h5,8H,2-4,6H2,1H3,(H,11,12). The van der Waals surface area contributed by atoms with E-state index in [1.807, 2.05) is 0 Å². The van der Waals surface area contributed by atoms with E-state index in [0.717, 1.165) is 0 Å². The summed E-state index contributed by atoms with van der Waals surface area (Å²) in [6.45, 7) is 2.73. The summed E-state index contributed by atoms with van der Waals surface area (Å²) in [5, 5.41) is 6.37. The summed E-state index contributed by atoms with van der Waals surface area (Å²) in [5.74, 6) is 0.218. The van der Waals surface area contributed by atoms with Gasteiger partial charge in [-0.15, -0.1) is 11.6 Å². The molecule has 96 valence electrons. The average Bonchev–Trinajstić information content (AvgIpc) is 2.76. The monoisotopic (exact) mass is 279 g/mol. The summed E-state index contributed by atoms with van der Waals surface area (Å²) in [6.07, 6.45) is 1.32. The first-order chi connectivity index (χ1) is 8.07. The fraction of sp³-hybridized carbons (Fsp3) is 0.667. The lowest BCUT2D eigenvalue weighted by Gasteiger charge is -2.33. The molecule has 0 saturated carbocycles. The molecule has 2 rings (SSSR count). The first-order valence-corrected chi connectivity index (χ1v) is 7.20. The van der Waals surface area contributed by atoms with Crippen molar-refractivity contribution in [2.75, 3.05) is 25.6 Å². The summed E-state index contributed by atoms with van der Waals surface area (Å²) in [4.78, 5) is 0.203. The lowest BCUT2D eigenvalue weighted by Crippen LogP contribution is -2.49. The smallest absolute Gasteiger partial charge is 0.246 e. The van der Waals surface area contributed by atoms with Gasteiger partial charge in [0.05, 0.1) is 31.1 Å². The van der Waals surface area contributed by atoms with Crippen LogP contribution in [0.2, 0.25) is 0 Å². The molecule has 6 nitrogen and oxygen atoms in total. The van der Waals surface area contributed by atoms with Crippen molar-refractivity contribution in [3.8, 4) is 0 Å². The Morgan fingerprint density at radius 1 is 1.71 bits per heavy atom. The Labute approximate surface area is 105 Å². The van der Waals surface area contributed by atoms with Crippen molar-refractivity contribution in [1.82, 2.24) is 14.5 Å². The molecule has 0 bridgehead atoms. The molecule has 1 unspecified atom stereocenters. The van der Waals surface area contributed by atoms with Crippen molar-refractivity contribution in [3.63, 3.8) is 0 Å². The molecule has 1 aliphatic rings. The molecular formula is C9H14ClN3O3S. The third-order valence-electron chi connectivity index (χ3n) is 2.72. The zero-order chi connectivity index (χ0) is 12.5. The maximum absolute atomic E-state index is 12.4. The predicted molar refractivity (Wildman–Crippen MR) is 62.5 cm³/mol. The molecule has 0 aromatic carbocycles. The number of nitrogens with zero attached hydrogens (tertiary/aromatic N) is 2. The number of rotatable bonds is 3. The second-order valence-corrected chi connectivity index (χ2v) is 6.03. The van der Waals surface area contributed by atoms with Crippen LogP contribution in [0.4, 0.5) is 0 Å². The summed E-state index contributed by atoms with van der Waals surface area (Å²) in [5.41, 5.74) is 0.532. The number of sulfonamides is 1. The van der Waals surface area contributed by atoms with Crippen molar-refractivity contribution in [1.29, 1.82) is 0 Å². The van der Waals surface area contributed by atoms with E-state index >= 15 is 0 Å². The van der Waals surface area contributed by atoms with Crippen LogP contribution in [-0.4, -0.2) is 54.6 Å². The van der Waals surface area contributed by atoms with Crippen LogP contribution in [0, 0.1) is 6.92 Å². The van der Waals surface area contributed by atoms with Gasteiger partial charge in [0.1, 0.15) is 4.90 Å². The van der Waals surface area contributed by atoms with Gasteiger partial charge < -0.3 is 4.74 Å². The molecular weight excluding hydrogens is 266 g/mol.